The van der Waals surface area contributed by atoms with Crippen LogP contribution >= 0.6 is 0 Å². The highest BCUT2D eigenvalue weighted by Crippen LogP contribution is 2.29. The molecular formula is C15H23N3O2S. The molecule has 0 radical (unpaired) electrons. The molecule has 0 atom stereocenters. The van der Waals surface area contributed by atoms with Crippen molar-refractivity contribution >= 4 is 15.9 Å². The molecule has 1 fully saturated rings. The molecule has 6 heteroatoms. The Labute approximate surface area is 127 Å². The van der Waals surface area contributed by atoms with Crippen molar-refractivity contribution in [2.45, 2.75) is 25.7 Å². The first-order valence-electron chi connectivity index (χ1n) is 7.76. The predicted molar refractivity (Wildman–Crippen MR) is 84.7 cm³/mol. The molecule has 0 aliphatic carbocycles. The molecule has 2 heterocycles. The number of aryl methyl sites for hydroxylation is 1. The van der Waals surface area contributed by atoms with E-state index in [1.165, 1.54) is 0 Å². The zero-order valence-electron chi connectivity index (χ0n) is 12.3. The highest BCUT2D eigenvalue weighted by Gasteiger charge is 2.32. The Hall–Kier alpha value is -1.11. The van der Waals surface area contributed by atoms with Gasteiger partial charge in [-0.3, -0.25) is 4.31 Å². The minimum Gasteiger partial charge on any atom is -0.315 e. The van der Waals surface area contributed by atoms with Crippen molar-refractivity contribution in [1.82, 2.24) is 9.62 Å². The van der Waals surface area contributed by atoms with Crippen molar-refractivity contribution in [1.29, 1.82) is 0 Å². The Bertz CT molecular complexity index is 580. The quantitative estimate of drug-likeness (QED) is 0.898. The summed E-state index contributed by atoms with van der Waals surface area (Å²) in [7, 11) is -3.42. The molecule has 2 aliphatic rings. The number of benzene rings is 1. The summed E-state index contributed by atoms with van der Waals surface area (Å²) in [6.07, 6.45) is 3.79. The molecule has 0 unspecified atom stereocenters. The van der Waals surface area contributed by atoms with Gasteiger partial charge < -0.3 is 5.32 Å². The van der Waals surface area contributed by atoms with Crippen LogP contribution in [0.5, 0.6) is 0 Å². The van der Waals surface area contributed by atoms with Gasteiger partial charge in [0.15, 0.2) is 0 Å². The van der Waals surface area contributed by atoms with Gasteiger partial charge in [0.05, 0.1) is 5.69 Å². The van der Waals surface area contributed by atoms with Crippen LogP contribution in [0.3, 0.4) is 0 Å². The summed E-state index contributed by atoms with van der Waals surface area (Å²) < 4.78 is 29.3. The Balaban J connectivity index is 1.94. The van der Waals surface area contributed by atoms with Crippen LogP contribution in [-0.4, -0.2) is 45.4 Å². The maximum atomic E-state index is 13.0. The molecule has 116 valence electrons. The molecule has 5 nitrogen and oxygen atoms in total. The lowest BCUT2D eigenvalue weighted by molar-refractivity contribution is 0.428. The predicted octanol–water partition coefficient (Wildman–Crippen LogP) is 1.37. The van der Waals surface area contributed by atoms with E-state index >= 15 is 0 Å². The molecule has 1 saturated heterocycles. The van der Waals surface area contributed by atoms with E-state index in [2.05, 4.69) is 5.32 Å². The van der Waals surface area contributed by atoms with Crippen molar-refractivity contribution < 1.29 is 8.42 Å². The lowest BCUT2D eigenvalue weighted by Gasteiger charge is -2.30. The van der Waals surface area contributed by atoms with Gasteiger partial charge in [-0.2, -0.15) is 12.7 Å². The normalized spacial score (nSPS) is 21.4. The number of para-hydroxylation sites is 1. The lowest BCUT2D eigenvalue weighted by Crippen LogP contribution is -2.45. The number of hydrogen-bond acceptors (Lipinski definition) is 3. The second-order valence-electron chi connectivity index (χ2n) is 5.67. The largest absolute Gasteiger partial charge is 0.315 e. The zero-order chi connectivity index (χ0) is 14.7. The third-order valence-electron chi connectivity index (χ3n) is 4.22. The van der Waals surface area contributed by atoms with Crippen LogP contribution in [0, 0.1) is 0 Å². The maximum absolute atomic E-state index is 13.0. The van der Waals surface area contributed by atoms with E-state index < -0.39 is 10.2 Å². The minimum absolute atomic E-state index is 0.557. The smallest absolute Gasteiger partial charge is 0.304 e. The molecule has 3 rings (SSSR count). The van der Waals surface area contributed by atoms with Gasteiger partial charge in [-0.15, -0.1) is 0 Å². The van der Waals surface area contributed by atoms with Crippen LogP contribution in [0.4, 0.5) is 5.69 Å². The third-order valence-corrected chi connectivity index (χ3v) is 6.18. The number of hydrogen-bond donors (Lipinski definition) is 1. The van der Waals surface area contributed by atoms with E-state index in [1.54, 1.807) is 8.61 Å². The number of nitrogens with one attached hydrogen (secondary N) is 1. The zero-order valence-corrected chi connectivity index (χ0v) is 13.1. The Morgan fingerprint density at radius 3 is 2.71 bits per heavy atom. The molecule has 0 aromatic heterocycles. The molecule has 21 heavy (non-hydrogen) atoms. The van der Waals surface area contributed by atoms with Gasteiger partial charge in [-0.1, -0.05) is 18.2 Å². The van der Waals surface area contributed by atoms with Crippen LogP contribution in [0.1, 0.15) is 24.8 Å². The third kappa shape index (κ3) is 3.07. The average molecular weight is 309 g/mol. The van der Waals surface area contributed by atoms with E-state index in [-0.39, 0.29) is 0 Å². The Morgan fingerprint density at radius 1 is 0.952 bits per heavy atom. The van der Waals surface area contributed by atoms with Gasteiger partial charge in [0.1, 0.15) is 0 Å². The fourth-order valence-corrected chi connectivity index (χ4v) is 4.83. The molecule has 1 N–H and O–H groups in total. The SMILES string of the molecule is O=S(=O)(N1CCCNCC1)N1CCCCc2ccccc21. The Morgan fingerprint density at radius 2 is 1.81 bits per heavy atom. The maximum Gasteiger partial charge on any atom is 0.304 e. The molecule has 0 bridgehead atoms. The monoisotopic (exact) mass is 309 g/mol. The van der Waals surface area contributed by atoms with Gasteiger partial charge in [-0.25, -0.2) is 0 Å². The number of fused-ring (bicyclic) bond motifs is 1. The first kappa shape index (κ1) is 14.8. The number of nitrogens with zero attached hydrogens (tertiary/aromatic N) is 2. The summed E-state index contributed by atoms with van der Waals surface area (Å²) in [4.78, 5) is 0. The second kappa shape index (κ2) is 6.34. The van der Waals surface area contributed by atoms with Crippen LogP contribution in [-0.2, 0) is 16.6 Å². The van der Waals surface area contributed by atoms with E-state index in [0.717, 1.165) is 50.0 Å². The summed E-state index contributed by atoms with van der Waals surface area (Å²) in [5.74, 6) is 0. The first-order valence-corrected chi connectivity index (χ1v) is 9.16. The molecule has 1 aromatic rings. The van der Waals surface area contributed by atoms with E-state index in [4.69, 9.17) is 0 Å². The van der Waals surface area contributed by atoms with Gasteiger partial charge in [0, 0.05) is 26.2 Å². The van der Waals surface area contributed by atoms with E-state index in [0.29, 0.717) is 19.6 Å². The summed E-state index contributed by atoms with van der Waals surface area (Å²) in [5, 5.41) is 3.26. The molecular weight excluding hydrogens is 286 g/mol. The molecule has 2 aliphatic heterocycles. The van der Waals surface area contributed by atoms with Crippen LogP contribution in [0.15, 0.2) is 24.3 Å². The highest BCUT2D eigenvalue weighted by molar-refractivity contribution is 7.90. The average Bonchev–Trinajstić information content (AvgIpc) is 2.88. The van der Waals surface area contributed by atoms with Crippen molar-refractivity contribution in [3.63, 3.8) is 0 Å². The van der Waals surface area contributed by atoms with Gasteiger partial charge in [-0.05, 0) is 43.9 Å². The fourth-order valence-electron chi connectivity index (χ4n) is 3.09. The summed E-state index contributed by atoms with van der Waals surface area (Å²) >= 11 is 0. The van der Waals surface area contributed by atoms with Crippen molar-refractivity contribution in [3.8, 4) is 0 Å². The highest BCUT2D eigenvalue weighted by atomic mass is 32.2. The van der Waals surface area contributed by atoms with E-state index in [9.17, 15) is 8.42 Å². The van der Waals surface area contributed by atoms with Crippen molar-refractivity contribution in [3.05, 3.63) is 29.8 Å². The van der Waals surface area contributed by atoms with Gasteiger partial charge >= 0.3 is 10.2 Å². The number of rotatable bonds is 2. The molecule has 0 amide bonds. The first-order chi connectivity index (χ1) is 10.2. The fraction of sp³-hybridized carbons (Fsp3) is 0.600. The van der Waals surface area contributed by atoms with Gasteiger partial charge in [0.2, 0.25) is 0 Å². The second-order valence-corrected chi connectivity index (χ2v) is 7.52. The van der Waals surface area contributed by atoms with Crippen LogP contribution < -0.4 is 9.62 Å². The van der Waals surface area contributed by atoms with Crippen molar-refractivity contribution in [2.24, 2.45) is 0 Å². The standard InChI is InChI=1S/C15H23N3O2S/c19-21(20,17-11-5-9-16-10-13-17)18-12-4-3-7-14-6-1-2-8-15(14)18/h1-2,6,8,16H,3-5,7,9-13H2. The van der Waals surface area contributed by atoms with Crippen LogP contribution in [0.2, 0.25) is 0 Å². The van der Waals surface area contributed by atoms with E-state index in [1.807, 2.05) is 24.3 Å². The molecule has 0 saturated carbocycles. The summed E-state index contributed by atoms with van der Waals surface area (Å²) in [6, 6.07) is 7.91. The lowest BCUT2D eigenvalue weighted by atomic mass is 10.1. The summed E-state index contributed by atoms with van der Waals surface area (Å²) in [5.41, 5.74) is 2.01. The summed E-state index contributed by atoms with van der Waals surface area (Å²) in [6.45, 7) is 3.37. The Kier molecular flexibility index (Phi) is 4.47. The topological polar surface area (TPSA) is 52.7 Å². The minimum atomic E-state index is -3.42. The van der Waals surface area contributed by atoms with Crippen LogP contribution in [0.25, 0.3) is 0 Å². The molecule has 1 aromatic carbocycles. The molecule has 0 spiro atoms. The number of anilines is 1. The van der Waals surface area contributed by atoms with Crippen molar-refractivity contribution in [2.75, 3.05) is 37.0 Å². The van der Waals surface area contributed by atoms with Gasteiger partial charge in [0.25, 0.3) is 0 Å².